The number of ether oxygens (including phenoxy) is 4. The number of aliphatic hydroxyl groups excluding tert-OH is 1. The molecule has 1 N–H and O–H groups in total. The van der Waals surface area contributed by atoms with Crippen LogP contribution in [-0.4, -0.2) is 58.8 Å². The molecule has 2 aliphatic heterocycles. The number of carbonyl (C=O) groups excluding carboxylic acids is 2. The zero-order valence-electron chi connectivity index (χ0n) is 19.8. The molecule has 3 aromatic rings. The first kappa shape index (κ1) is 23.3. The van der Waals surface area contributed by atoms with Gasteiger partial charge in [-0.25, -0.2) is 4.98 Å². The largest absolute Gasteiger partial charge is 0.507 e. The molecule has 2 aliphatic rings. The van der Waals surface area contributed by atoms with Gasteiger partial charge in [0.25, 0.3) is 11.7 Å². The maximum atomic E-state index is 13.3. The van der Waals surface area contributed by atoms with E-state index in [0.717, 1.165) is 0 Å². The summed E-state index contributed by atoms with van der Waals surface area (Å²) in [6.45, 7) is 1.01. The number of imidazole rings is 1. The SMILES string of the molecule is COc1ccc(/C(O)=C2\C(=O)C(=O)N(CCCn3ccnc3)C2c2ccc3c(c2)OCO3)cc1OC. The Bertz CT molecular complexity index is 1330. The third kappa shape index (κ3) is 4.10. The summed E-state index contributed by atoms with van der Waals surface area (Å²) in [6, 6.07) is 9.25. The van der Waals surface area contributed by atoms with E-state index in [2.05, 4.69) is 4.98 Å². The fourth-order valence-corrected chi connectivity index (χ4v) is 4.52. The summed E-state index contributed by atoms with van der Waals surface area (Å²) in [6.07, 6.45) is 5.80. The Morgan fingerprint density at radius 2 is 1.86 bits per heavy atom. The van der Waals surface area contributed by atoms with Gasteiger partial charge in [0.05, 0.1) is 32.2 Å². The second kappa shape index (κ2) is 9.65. The number of likely N-dealkylation sites (tertiary alicyclic amines) is 1. The number of amides is 1. The van der Waals surface area contributed by atoms with Crippen LogP contribution in [0.4, 0.5) is 0 Å². The molecule has 0 bridgehead atoms. The molecule has 186 valence electrons. The van der Waals surface area contributed by atoms with Crippen LogP contribution in [0.15, 0.2) is 60.7 Å². The van der Waals surface area contributed by atoms with Crippen molar-refractivity contribution in [3.63, 3.8) is 0 Å². The number of aryl methyl sites for hydroxylation is 1. The molecule has 10 nitrogen and oxygen atoms in total. The number of aliphatic hydroxyl groups is 1. The van der Waals surface area contributed by atoms with Gasteiger partial charge in [-0.15, -0.1) is 0 Å². The Hall–Kier alpha value is -4.47. The van der Waals surface area contributed by atoms with Crippen LogP contribution in [0.2, 0.25) is 0 Å². The summed E-state index contributed by atoms with van der Waals surface area (Å²) in [5.41, 5.74) is 0.951. The second-order valence-corrected chi connectivity index (χ2v) is 8.33. The van der Waals surface area contributed by atoms with Crippen molar-refractivity contribution in [3.8, 4) is 23.0 Å². The minimum atomic E-state index is -0.810. The van der Waals surface area contributed by atoms with Crippen LogP contribution in [0.3, 0.4) is 0 Å². The van der Waals surface area contributed by atoms with Crippen LogP contribution in [0.1, 0.15) is 23.6 Å². The summed E-state index contributed by atoms with van der Waals surface area (Å²) < 4.78 is 23.5. The highest BCUT2D eigenvalue weighted by Crippen LogP contribution is 2.43. The molecule has 0 radical (unpaired) electrons. The van der Waals surface area contributed by atoms with Crippen molar-refractivity contribution >= 4 is 17.4 Å². The highest BCUT2D eigenvalue weighted by atomic mass is 16.7. The molecule has 0 spiro atoms. The molecule has 36 heavy (non-hydrogen) atoms. The quantitative estimate of drug-likeness (QED) is 0.291. The van der Waals surface area contributed by atoms with Crippen LogP contribution in [0.5, 0.6) is 23.0 Å². The summed E-state index contributed by atoms with van der Waals surface area (Å²) in [4.78, 5) is 32.0. The van der Waals surface area contributed by atoms with E-state index in [1.54, 1.807) is 48.9 Å². The first-order valence-electron chi connectivity index (χ1n) is 11.4. The molecule has 10 heteroatoms. The molecule has 1 fully saturated rings. The highest BCUT2D eigenvalue weighted by molar-refractivity contribution is 6.46. The summed E-state index contributed by atoms with van der Waals surface area (Å²) in [5.74, 6) is 0.224. The van der Waals surface area contributed by atoms with Crippen molar-refractivity contribution < 1.29 is 33.6 Å². The molecule has 0 aliphatic carbocycles. The van der Waals surface area contributed by atoms with Gasteiger partial charge in [0.2, 0.25) is 6.79 Å². The Kier molecular flexibility index (Phi) is 6.24. The third-order valence-corrected chi connectivity index (χ3v) is 6.28. The first-order chi connectivity index (χ1) is 17.5. The van der Waals surface area contributed by atoms with Crippen molar-refractivity contribution in [2.24, 2.45) is 0 Å². The number of hydrogen-bond acceptors (Lipinski definition) is 8. The molecule has 0 saturated carbocycles. The van der Waals surface area contributed by atoms with Gasteiger partial charge in [-0.2, -0.15) is 0 Å². The van der Waals surface area contributed by atoms with E-state index in [0.29, 0.717) is 53.6 Å². The first-order valence-corrected chi connectivity index (χ1v) is 11.4. The Morgan fingerprint density at radius 1 is 1.06 bits per heavy atom. The van der Waals surface area contributed by atoms with Gasteiger partial charge in [0.1, 0.15) is 5.76 Å². The number of rotatable bonds is 8. The van der Waals surface area contributed by atoms with E-state index >= 15 is 0 Å². The molecule has 3 heterocycles. The molecule has 1 unspecified atom stereocenters. The van der Waals surface area contributed by atoms with Crippen molar-refractivity contribution in [3.05, 3.63) is 71.8 Å². The highest BCUT2D eigenvalue weighted by Gasteiger charge is 2.46. The lowest BCUT2D eigenvalue weighted by atomic mass is 9.94. The van der Waals surface area contributed by atoms with Gasteiger partial charge >= 0.3 is 0 Å². The van der Waals surface area contributed by atoms with Gasteiger partial charge in [-0.05, 0) is 42.3 Å². The summed E-state index contributed by atoms with van der Waals surface area (Å²) in [5, 5.41) is 11.3. The maximum Gasteiger partial charge on any atom is 0.295 e. The smallest absolute Gasteiger partial charge is 0.295 e. The maximum absolute atomic E-state index is 13.3. The topological polar surface area (TPSA) is 112 Å². The Labute approximate surface area is 207 Å². The van der Waals surface area contributed by atoms with Crippen molar-refractivity contribution in [1.29, 1.82) is 0 Å². The number of Topliss-reactive ketones (excluding diaryl/α,β-unsaturated/α-hetero) is 1. The standard InChI is InChI=1S/C26H25N3O7/c1-33-18-6-5-17(13-20(18)34-2)24(30)22-23(16-4-7-19-21(12-16)36-15-35-19)29(26(32)25(22)31)10-3-9-28-11-8-27-14-28/h4-8,11-14,23,30H,3,9-10,15H2,1-2H3/b24-22+. The van der Waals surface area contributed by atoms with E-state index < -0.39 is 17.7 Å². The number of fused-ring (bicyclic) bond motifs is 1. The molecule has 2 aromatic carbocycles. The molecular formula is C26H25N3O7. The minimum absolute atomic E-state index is 0.00582. The predicted octanol–water partition coefficient (Wildman–Crippen LogP) is 3.14. The number of aromatic nitrogens is 2. The third-order valence-electron chi connectivity index (χ3n) is 6.28. The lowest BCUT2D eigenvalue weighted by Gasteiger charge is -2.25. The van der Waals surface area contributed by atoms with E-state index in [1.807, 2.05) is 10.8 Å². The lowest BCUT2D eigenvalue weighted by Crippen LogP contribution is -2.31. The van der Waals surface area contributed by atoms with Crippen molar-refractivity contribution in [2.75, 3.05) is 27.6 Å². The normalized spacial score (nSPS) is 18.1. The molecule has 1 aromatic heterocycles. The van der Waals surface area contributed by atoms with Crippen LogP contribution < -0.4 is 18.9 Å². The van der Waals surface area contributed by atoms with Gasteiger partial charge < -0.3 is 33.5 Å². The Balaban J connectivity index is 1.56. The number of carbonyl (C=O) groups is 2. The zero-order chi connectivity index (χ0) is 25.2. The summed E-state index contributed by atoms with van der Waals surface area (Å²) >= 11 is 0. The number of hydrogen-bond donors (Lipinski definition) is 1. The monoisotopic (exact) mass is 491 g/mol. The van der Waals surface area contributed by atoms with Gasteiger partial charge in [-0.1, -0.05) is 6.07 Å². The average molecular weight is 492 g/mol. The van der Waals surface area contributed by atoms with Crippen LogP contribution in [0, 0.1) is 0 Å². The molecule has 1 saturated heterocycles. The number of methoxy groups -OCH3 is 2. The van der Waals surface area contributed by atoms with Crippen molar-refractivity contribution in [1.82, 2.24) is 14.5 Å². The van der Waals surface area contributed by atoms with Gasteiger partial charge in [0, 0.05) is 31.0 Å². The van der Waals surface area contributed by atoms with Crippen LogP contribution in [-0.2, 0) is 16.1 Å². The van der Waals surface area contributed by atoms with Crippen molar-refractivity contribution in [2.45, 2.75) is 19.0 Å². The number of ketones is 1. The Morgan fingerprint density at radius 3 is 2.61 bits per heavy atom. The molecular weight excluding hydrogens is 466 g/mol. The van der Waals surface area contributed by atoms with Gasteiger partial charge in [-0.3, -0.25) is 9.59 Å². The predicted molar refractivity (Wildman–Crippen MR) is 128 cm³/mol. The lowest BCUT2D eigenvalue weighted by molar-refractivity contribution is -0.139. The minimum Gasteiger partial charge on any atom is -0.507 e. The van der Waals surface area contributed by atoms with Crippen LogP contribution in [0.25, 0.3) is 5.76 Å². The van der Waals surface area contributed by atoms with E-state index in [-0.39, 0.29) is 18.1 Å². The number of nitrogens with zero attached hydrogens (tertiary/aromatic N) is 3. The molecule has 1 atom stereocenters. The van der Waals surface area contributed by atoms with E-state index in [4.69, 9.17) is 18.9 Å². The average Bonchev–Trinajstić information content (AvgIpc) is 3.64. The molecule has 5 rings (SSSR count). The second-order valence-electron chi connectivity index (χ2n) is 8.33. The van der Waals surface area contributed by atoms with E-state index in [1.165, 1.54) is 19.1 Å². The summed E-state index contributed by atoms with van der Waals surface area (Å²) in [7, 11) is 2.99. The fourth-order valence-electron chi connectivity index (χ4n) is 4.52. The fraction of sp³-hybridized carbons (Fsp3) is 0.269. The zero-order valence-corrected chi connectivity index (χ0v) is 19.8. The number of benzene rings is 2. The van der Waals surface area contributed by atoms with E-state index in [9.17, 15) is 14.7 Å². The van der Waals surface area contributed by atoms with Gasteiger partial charge in [0.15, 0.2) is 23.0 Å². The van der Waals surface area contributed by atoms with Crippen LogP contribution >= 0.6 is 0 Å². The molecule has 1 amide bonds.